The number of carbonyl (C=O) groups is 1. The van der Waals surface area contributed by atoms with Gasteiger partial charge >= 0.3 is 0 Å². The van der Waals surface area contributed by atoms with Gasteiger partial charge in [-0.25, -0.2) is 0 Å². The van der Waals surface area contributed by atoms with E-state index in [1.165, 1.54) is 0 Å². The summed E-state index contributed by atoms with van der Waals surface area (Å²) in [5, 5.41) is 3.78. The van der Waals surface area contributed by atoms with Gasteiger partial charge in [0, 0.05) is 18.0 Å². The monoisotopic (exact) mass is 260 g/mol. The maximum atomic E-state index is 11.9. The van der Waals surface area contributed by atoms with Crippen molar-refractivity contribution in [2.45, 2.75) is 32.7 Å². The zero-order valence-electron chi connectivity index (χ0n) is 11.4. The third kappa shape index (κ3) is 3.35. The standard InChI is InChI=1S/C15H20N2O2/c1-3-12(16)6-7-17-15(18)14-9-11-8-10(2)4-5-13(11)19-14/h4-5,8-9,12H,3,6-7,16H2,1-2H3,(H,17,18). The zero-order chi connectivity index (χ0) is 13.8. The number of furan rings is 1. The minimum atomic E-state index is -0.183. The zero-order valence-corrected chi connectivity index (χ0v) is 11.4. The van der Waals surface area contributed by atoms with Gasteiger partial charge in [0.25, 0.3) is 5.91 Å². The van der Waals surface area contributed by atoms with Crippen LogP contribution in [-0.2, 0) is 0 Å². The molecule has 1 atom stereocenters. The average Bonchev–Trinajstić information content (AvgIpc) is 2.81. The van der Waals surface area contributed by atoms with Crippen molar-refractivity contribution in [2.75, 3.05) is 6.54 Å². The van der Waals surface area contributed by atoms with Crippen LogP contribution in [0.25, 0.3) is 11.0 Å². The van der Waals surface area contributed by atoms with Gasteiger partial charge in [0.05, 0.1) is 0 Å². The van der Waals surface area contributed by atoms with Crippen molar-refractivity contribution in [1.82, 2.24) is 5.32 Å². The van der Waals surface area contributed by atoms with E-state index in [4.69, 9.17) is 10.2 Å². The average molecular weight is 260 g/mol. The number of hydrogen-bond acceptors (Lipinski definition) is 3. The molecule has 0 spiro atoms. The first-order chi connectivity index (χ1) is 9.10. The van der Waals surface area contributed by atoms with Crippen LogP contribution in [0.4, 0.5) is 0 Å². The number of nitrogens with one attached hydrogen (secondary N) is 1. The van der Waals surface area contributed by atoms with Crippen LogP contribution in [0.3, 0.4) is 0 Å². The van der Waals surface area contributed by atoms with Crippen LogP contribution in [0.5, 0.6) is 0 Å². The molecule has 4 nitrogen and oxygen atoms in total. The number of hydrogen-bond donors (Lipinski definition) is 2. The van der Waals surface area contributed by atoms with E-state index in [0.717, 1.165) is 29.4 Å². The molecule has 0 fully saturated rings. The molecule has 1 heterocycles. The number of nitrogens with two attached hydrogens (primary N) is 1. The molecule has 0 aliphatic rings. The van der Waals surface area contributed by atoms with E-state index in [-0.39, 0.29) is 11.9 Å². The van der Waals surface area contributed by atoms with Crippen molar-refractivity contribution in [3.05, 3.63) is 35.6 Å². The van der Waals surface area contributed by atoms with Crippen molar-refractivity contribution in [2.24, 2.45) is 5.73 Å². The van der Waals surface area contributed by atoms with Gasteiger partial charge in [-0.15, -0.1) is 0 Å². The number of fused-ring (bicyclic) bond motifs is 1. The van der Waals surface area contributed by atoms with Gasteiger partial charge in [0.1, 0.15) is 5.58 Å². The lowest BCUT2D eigenvalue weighted by molar-refractivity contribution is 0.0927. The highest BCUT2D eigenvalue weighted by Crippen LogP contribution is 2.20. The van der Waals surface area contributed by atoms with E-state index >= 15 is 0 Å². The smallest absolute Gasteiger partial charge is 0.287 e. The fourth-order valence-electron chi connectivity index (χ4n) is 1.94. The largest absolute Gasteiger partial charge is 0.451 e. The molecule has 0 radical (unpaired) electrons. The summed E-state index contributed by atoms with van der Waals surface area (Å²) in [5.41, 5.74) is 7.69. The van der Waals surface area contributed by atoms with E-state index in [1.54, 1.807) is 6.07 Å². The molecule has 1 aromatic heterocycles. The summed E-state index contributed by atoms with van der Waals surface area (Å²) in [6, 6.07) is 7.76. The highest BCUT2D eigenvalue weighted by Gasteiger charge is 2.12. The normalized spacial score (nSPS) is 12.6. The highest BCUT2D eigenvalue weighted by molar-refractivity contribution is 5.96. The van der Waals surface area contributed by atoms with Crippen molar-refractivity contribution in [3.8, 4) is 0 Å². The molecular weight excluding hydrogens is 240 g/mol. The first kappa shape index (κ1) is 13.6. The molecule has 4 heteroatoms. The van der Waals surface area contributed by atoms with Crippen LogP contribution in [0.1, 0.15) is 35.9 Å². The summed E-state index contributed by atoms with van der Waals surface area (Å²) in [5.74, 6) is 0.169. The summed E-state index contributed by atoms with van der Waals surface area (Å²) in [4.78, 5) is 11.9. The van der Waals surface area contributed by atoms with Gasteiger partial charge in [-0.1, -0.05) is 18.6 Å². The second-order valence-electron chi connectivity index (χ2n) is 4.86. The van der Waals surface area contributed by atoms with Crippen LogP contribution in [0.2, 0.25) is 0 Å². The third-order valence-corrected chi connectivity index (χ3v) is 3.22. The second kappa shape index (κ2) is 5.89. The van der Waals surface area contributed by atoms with Crippen LogP contribution in [-0.4, -0.2) is 18.5 Å². The Bertz CT molecular complexity index is 575. The van der Waals surface area contributed by atoms with Crippen molar-refractivity contribution >= 4 is 16.9 Å². The quantitative estimate of drug-likeness (QED) is 0.868. The third-order valence-electron chi connectivity index (χ3n) is 3.22. The van der Waals surface area contributed by atoms with Gasteiger partial charge in [0.2, 0.25) is 0 Å². The lowest BCUT2D eigenvalue weighted by atomic mass is 10.1. The van der Waals surface area contributed by atoms with E-state index in [2.05, 4.69) is 5.32 Å². The minimum absolute atomic E-state index is 0.138. The minimum Gasteiger partial charge on any atom is -0.451 e. The van der Waals surface area contributed by atoms with Crippen LogP contribution in [0.15, 0.2) is 28.7 Å². The summed E-state index contributed by atoms with van der Waals surface area (Å²) >= 11 is 0. The Morgan fingerprint density at radius 3 is 2.95 bits per heavy atom. The molecule has 0 aliphatic heterocycles. The van der Waals surface area contributed by atoms with Crippen molar-refractivity contribution in [3.63, 3.8) is 0 Å². The SMILES string of the molecule is CCC(N)CCNC(=O)c1cc2cc(C)ccc2o1. The van der Waals surface area contributed by atoms with Gasteiger partial charge in [-0.2, -0.15) is 0 Å². The summed E-state index contributed by atoms with van der Waals surface area (Å²) in [7, 11) is 0. The lowest BCUT2D eigenvalue weighted by Gasteiger charge is -2.08. The Morgan fingerprint density at radius 1 is 1.42 bits per heavy atom. The van der Waals surface area contributed by atoms with Crippen molar-refractivity contribution in [1.29, 1.82) is 0 Å². The molecule has 1 unspecified atom stereocenters. The Balaban J connectivity index is 2.01. The Labute approximate surface area is 113 Å². The molecule has 0 saturated carbocycles. The maximum absolute atomic E-state index is 11.9. The molecule has 102 valence electrons. The highest BCUT2D eigenvalue weighted by atomic mass is 16.3. The predicted molar refractivity (Wildman–Crippen MR) is 76.2 cm³/mol. The Kier molecular flexibility index (Phi) is 4.22. The summed E-state index contributed by atoms with van der Waals surface area (Å²) in [6.45, 7) is 4.62. The molecular formula is C15H20N2O2. The molecule has 19 heavy (non-hydrogen) atoms. The number of benzene rings is 1. The van der Waals surface area contributed by atoms with Crippen LogP contribution >= 0.6 is 0 Å². The number of carbonyl (C=O) groups excluding carboxylic acids is 1. The maximum Gasteiger partial charge on any atom is 0.287 e. The van der Waals surface area contributed by atoms with E-state index in [9.17, 15) is 4.79 Å². The van der Waals surface area contributed by atoms with E-state index in [1.807, 2.05) is 32.0 Å². The van der Waals surface area contributed by atoms with Crippen molar-refractivity contribution < 1.29 is 9.21 Å². The van der Waals surface area contributed by atoms with Gasteiger partial charge in [-0.3, -0.25) is 4.79 Å². The Morgan fingerprint density at radius 2 is 2.21 bits per heavy atom. The molecule has 3 N–H and O–H groups in total. The molecule has 1 aromatic carbocycles. The molecule has 0 aliphatic carbocycles. The molecule has 2 aromatic rings. The van der Waals surface area contributed by atoms with Crippen LogP contribution in [0, 0.1) is 6.92 Å². The topological polar surface area (TPSA) is 68.3 Å². The summed E-state index contributed by atoms with van der Waals surface area (Å²) in [6.07, 6.45) is 1.70. The first-order valence-electron chi connectivity index (χ1n) is 6.64. The van der Waals surface area contributed by atoms with Gasteiger partial charge in [0.15, 0.2) is 5.76 Å². The first-order valence-corrected chi connectivity index (χ1v) is 6.64. The fraction of sp³-hybridized carbons (Fsp3) is 0.400. The second-order valence-corrected chi connectivity index (χ2v) is 4.86. The molecule has 0 saturated heterocycles. The predicted octanol–water partition coefficient (Wildman–Crippen LogP) is 2.60. The Hall–Kier alpha value is -1.81. The number of amides is 1. The molecule has 1 amide bonds. The lowest BCUT2D eigenvalue weighted by Crippen LogP contribution is -2.29. The number of rotatable bonds is 5. The molecule has 2 rings (SSSR count). The van der Waals surface area contributed by atoms with Gasteiger partial charge in [-0.05, 0) is 38.0 Å². The van der Waals surface area contributed by atoms with Gasteiger partial charge < -0.3 is 15.5 Å². The number of aryl methyl sites for hydroxylation is 1. The molecule has 0 bridgehead atoms. The van der Waals surface area contributed by atoms with E-state index in [0.29, 0.717) is 12.3 Å². The summed E-state index contributed by atoms with van der Waals surface area (Å²) < 4.78 is 5.53. The van der Waals surface area contributed by atoms with Crippen LogP contribution < -0.4 is 11.1 Å². The fourth-order valence-corrected chi connectivity index (χ4v) is 1.94. The van der Waals surface area contributed by atoms with E-state index < -0.39 is 0 Å².